The van der Waals surface area contributed by atoms with Crippen LogP contribution in [0.25, 0.3) is 0 Å². The minimum Gasteiger partial charge on any atom is -0.456 e. The van der Waals surface area contributed by atoms with Crippen molar-refractivity contribution in [2.24, 2.45) is 0 Å². The minimum atomic E-state index is -1.26. The molecule has 7 nitrogen and oxygen atoms in total. The van der Waals surface area contributed by atoms with E-state index < -0.39 is 36.6 Å². The van der Waals surface area contributed by atoms with Crippen LogP contribution in [0.2, 0.25) is 0 Å². The molecule has 1 atom stereocenters. The van der Waals surface area contributed by atoms with Crippen molar-refractivity contribution in [2.75, 3.05) is 13.2 Å². The molecule has 0 unspecified atom stereocenters. The Morgan fingerprint density at radius 2 is 1.72 bits per heavy atom. The SMILES string of the molecule is Cc1ccc(C(=O)COC(=O)CN2C(=O)N[C@](C)(c3ccccc3)C2=O)cc1C. The number of Topliss-reactive ketones (excluding diaryl/α,β-unsaturated/α-hetero) is 1. The fourth-order valence-corrected chi connectivity index (χ4v) is 3.13. The van der Waals surface area contributed by atoms with Crippen LogP contribution in [0, 0.1) is 13.8 Å². The summed E-state index contributed by atoms with van der Waals surface area (Å²) in [5.74, 6) is -1.73. The molecule has 0 spiro atoms. The van der Waals surface area contributed by atoms with Crippen LogP contribution >= 0.6 is 0 Å². The molecule has 3 amide bonds. The van der Waals surface area contributed by atoms with Gasteiger partial charge in [-0.2, -0.15) is 0 Å². The van der Waals surface area contributed by atoms with E-state index >= 15 is 0 Å². The number of benzene rings is 2. The minimum absolute atomic E-state index is 0.354. The average Bonchev–Trinajstić information content (AvgIpc) is 2.93. The highest BCUT2D eigenvalue weighted by Gasteiger charge is 2.49. The second-order valence-electron chi connectivity index (χ2n) is 7.20. The van der Waals surface area contributed by atoms with E-state index in [9.17, 15) is 19.2 Å². The lowest BCUT2D eigenvalue weighted by molar-refractivity contribution is -0.146. The number of rotatable bonds is 6. The van der Waals surface area contributed by atoms with Gasteiger partial charge in [0.25, 0.3) is 5.91 Å². The highest BCUT2D eigenvalue weighted by Crippen LogP contribution is 2.28. The summed E-state index contributed by atoms with van der Waals surface area (Å²) in [5.41, 5.74) is 1.81. The third kappa shape index (κ3) is 4.03. The highest BCUT2D eigenvalue weighted by molar-refractivity contribution is 6.09. The van der Waals surface area contributed by atoms with Crippen LogP contribution in [-0.2, 0) is 19.9 Å². The van der Waals surface area contributed by atoms with Crippen molar-refractivity contribution in [3.63, 3.8) is 0 Å². The number of carbonyl (C=O) groups is 4. The van der Waals surface area contributed by atoms with Crippen LogP contribution in [0.15, 0.2) is 48.5 Å². The van der Waals surface area contributed by atoms with Crippen molar-refractivity contribution >= 4 is 23.7 Å². The number of hydrogen-bond acceptors (Lipinski definition) is 5. The number of nitrogens with zero attached hydrogens (tertiary/aromatic N) is 1. The lowest BCUT2D eigenvalue weighted by Gasteiger charge is -2.21. The Labute approximate surface area is 168 Å². The number of amides is 3. The van der Waals surface area contributed by atoms with Gasteiger partial charge in [-0.3, -0.25) is 19.3 Å². The van der Waals surface area contributed by atoms with E-state index in [0.717, 1.165) is 16.0 Å². The first-order chi connectivity index (χ1) is 13.7. The van der Waals surface area contributed by atoms with E-state index in [0.29, 0.717) is 11.1 Å². The predicted octanol–water partition coefficient (Wildman–Crippen LogP) is 2.50. The maximum absolute atomic E-state index is 12.8. The summed E-state index contributed by atoms with van der Waals surface area (Å²) in [6, 6.07) is 13.3. The molecule has 0 radical (unpaired) electrons. The monoisotopic (exact) mass is 394 g/mol. The van der Waals surface area contributed by atoms with Crippen molar-refractivity contribution in [2.45, 2.75) is 26.3 Å². The predicted molar refractivity (Wildman–Crippen MR) is 105 cm³/mol. The third-order valence-corrected chi connectivity index (χ3v) is 5.11. The summed E-state index contributed by atoms with van der Waals surface area (Å²) >= 11 is 0. The lowest BCUT2D eigenvalue weighted by Crippen LogP contribution is -2.41. The number of imide groups is 1. The van der Waals surface area contributed by atoms with Gasteiger partial charge in [0.2, 0.25) is 0 Å². The molecule has 1 aliphatic rings. The van der Waals surface area contributed by atoms with Gasteiger partial charge >= 0.3 is 12.0 Å². The van der Waals surface area contributed by atoms with Crippen molar-refractivity contribution in [3.8, 4) is 0 Å². The first-order valence-corrected chi connectivity index (χ1v) is 9.18. The molecule has 1 aliphatic heterocycles. The van der Waals surface area contributed by atoms with Crippen molar-refractivity contribution < 1.29 is 23.9 Å². The fraction of sp³-hybridized carbons (Fsp3) is 0.273. The Balaban J connectivity index is 1.62. The maximum atomic E-state index is 12.8. The standard InChI is InChI=1S/C22H22N2O5/c1-14-9-10-16(11-15(14)2)18(25)13-29-19(26)12-24-20(27)22(3,23-21(24)28)17-7-5-4-6-8-17/h4-11H,12-13H2,1-3H3,(H,23,28)/t22-/m1/s1. The number of nitrogens with one attached hydrogen (secondary N) is 1. The molecule has 0 aromatic heterocycles. The average molecular weight is 394 g/mol. The van der Waals surface area contributed by atoms with Gasteiger partial charge in [-0.05, 0) is 43.5 Å². The molecule has 0 bridgehead atoms. The maximum Gasteiger partial charge on any atom is 0.326 e. The van der Waals surface area contributed by atoms with Gasteiger partial charge in [0.05, 0.1) is 0 Å². The normalized spacial score (nSPS) is 18.5. The summed E-state index contributed by atoms with van der Waals surface area (Å²) in [4.78, 5) is 50.2. The second-order valence-corrected chi connectivity index (χ2v) is 7.20. The fourth-order valence-electron chi connectivity index (χ4n) is 3.13. The van der Waals surface area contributed by atoms with Crippen molar-refractivity contribution in [1.82, 2.24) is 10.2 Å². The van der Waals surface area contributed by atoms with Gasteiger partial charge in [0, 0.05) is 5.56 Å². The van der Waals surface area contributed by atoms with E-state index in [4.69, 9.17) is 4.74 Å². The van der Waals surface area contributed by atoms with E-state index in [1.165, 1.54) is 0 Å². The zero-order valence-electron chi connectivity index (χ0n) is 16.5. The van der Waals surface area contributed by atoms with Gasteiger partial charge in [-0.25, -0.2) is 4.79 Å². The molecule has 1 heterocycles. The third-order valence-electron chi connectivity index (χ3n) is 5.11. The molecular weight excluding hydrogens is 372 g/mol. The van der Waals surface area contributed by atoms with Crippen LogP contribution in [0.1, 0.15) is 34.0 Å². The quantitative estimate of drug-likeness (QED) is 0.462. The van der Waals surface area contributed by atoms with E-state index in [-0.39, 0.29) is 5.78 Å². The molecular formula is C22H22N2O5. The lowest BCUT2D eigenvalue weighted by atomic mass is 9.92. The van der Waals surface area contributed by atoms with Gasteiger partial charge < -0.3 is 10.1 Å². The first-order valence-electron chi connectivity index (χ1n) is 9.18. The number of aryl methyl sites for hydroxylation is 2. The number of urea groups is 1. The second kappa shape index (κ2) is 7.87. The molecule has 150 valence electrons. The molecule has 3 rings (SSSR count). The molecule has 7 heteroatoms. The van der Waals surface area contributed by atoms with Crippen LogP contribution in [0.5, 0.6) is 0 Å². The molecule has 1 saturated heterocycles. The Kier molecular flexibility index (Phi) is 5.50. The van der Waals surface area contributed by atoms with E-state index in [1.807, 2.05) is 19.9 Å². The Morgan fingerprint density at radius 1 is 1.03 bits per heavy atom. The molecule has 29 heavy (non-hydrogen) atoms. The number of ether oxygens (including phenoxy) is 1. The Morgan fingerprint density at radius 3 is 2.38 bits per heavy atom. The first kappa shape index (κ1) is 20.3. The zero-order chi connectivity index (χ0) is 21.2. The summed E-state index contributed by atoms with van der Waals surface area (Å²) in [5, 5.41) is 2.62. The zero-order valence-corrected chi connectivity index (χ0v) is 16.5. The molecule has 1 fully saturated rings. The molecule has 0 aliphatic carbocycles. The number of ketones is 1. The number of hydrogen-bond donors (Lipinski definition) is 1. The summed E-state index contributed by atoms with van der Waals surface area (Å²) in [6.45, 7) is 4.38. The van der Waals surface area contributed by atoms with Crippen molar-refractivity contribution in [3.05, 3.63) is 70.8 Å². The summed E-state index contributed by atoms with van der Waals surface area (Å²) in [7, 11) is 0. The van der Waals surface area contributed by atoms with Crippen molar-refractivity contribution in [1.29, 1.82) is 0 Å². The number of carbonyl (C=O) groups excluding carboxylic acids is 4. The van der Waals surface area contributed by atoms with Crippen LogP contribution in [-0.4, -0.2) is 41.7 Å². The smallest absolute Gasteiger partial charge is 0.326 e. The van der Waals surface area contributed by atoms with E-state index in [2.05, 4.69) is 5.32 Å². The van der Waals surface area contributed by atoms with E-state index in [1.54, 1.807) is 49.4 Å². The van der Waals surface area contributed by atoms with Gasteiger partial charge in [0.15, 0.2) is 12.4 Å². The summed E-state index contributed by atoms with van der Waals surface area (Å²) < 4.78 is 5.00. The number of esters is 1. The molecule has 2 aromatic rings. The molecule has 2 aromatic carbocycles. The largest absolute Gasteiger partial charge is 0.456 e. The van der Waals surface area contributed by atoms with Gasteiger partial charge in [-0.15, -0.1) is 0 Å². The topological polar surface area (TPSA) is 92.8 Å². The Bertz CT molecular complexity index is 986. The molecule has 1 N–H and O–H groups in total. The van der Waals surface area contributed by atoms with Gasteiger partial charge in [0.1, 0.15) is 12.1 Å². The van der Waals surface area contributed by atoms with Gasteiger partial charge in [-0.1, -0.05) is 42.5 Å². The molecule has 0 saturated carbocycles. The van der Waals surface area contributed by atoms with Crippen LogP contribution < -0.4 is 5.32 Å². The van der Waals surface area contributed by atoms with Crippen LogP contribution in [0.3, 0.4) is 0 Å². The highest BCUT2D eigenvalue weighted by atomic mass is 16.5. The van der Waals surface area contributed by atoms with Crippen LogP contribution in [0.4, 0.5) is 4.79 Å². The summed E-state index contributed by atoms with van der Waals surface area (Å²) in [6.07, 6.45) is 0. The Hall–Kier alpha value is -3.48.